The summed E-state index contributed by atoms with van der Waals surface area (Å²) in [6.45, 7) is 1.86. The van der Waals surface area contributed by atoms with E-state index in [1.54, 1.807) is 73.0 Å². The van der Waals surface area contributed by atoms with Crippen LogP contribution in [-0.4, -0.2) is 28.7 Å². The quantitative estimate of drug-likeness (QED) is 0.292. The molecule has 2 saturated heterocycles. The van der Waals surface area contributed by atoms with E-state index in [4.69, 9.17) is 16.3 Å². The predicted octanol–water partition coefficient (Wildman–Crippen LogP) is 5.83. The van der Waals surface area contributed by atoms with Crippen molar-refractivity contribution in [1.29, 1.82) is 0 Å². The number of rotatable bonds is 3. The first-order valence-electron chi connectivity index (χ1n) is 15.1. The Morgan fingerprint density at radius 3 is 2.36 bits per heavy atom. The Morgan fingerprint density at radius 1 is 0.867 bits per heavy atom. The molecule has 3 fully saturated rings. The van der Waals surface area contributed by atoms with Crippen LogP contribution in [0.15, 0.2) is 96.3 Å². The van der Waals surface area contributed by atoms with Gasteiger partial charge in [-0.3, -0.25) is 24.1 Å². The molecular formula is C36H29ClN2O6. The number of amides is 4. The number of imide groups is 2. The molecule has 8 nitrogen and oxygen atoms in total. The number of benzene rings is 3. The van der Waals surface area contributed by atoms with E-state index in [2.05, 4.69) is 0 Å². The number of phenolic OH excluding ortho intramolecular Hbond substituents is 1. The Labute approximate surface area is 264 Å². The highest BCUT2D eigenvalue weighted by atomic mass is 35.5. The van der Waals surface area contributed by atoms with E-state index in [1.807, 2.05) is 19.1 Å². The maximum absolute atomic E-state index is 14.5. The molecule has 8 rings (SSSR count). The van der Waals surface area contributed by atoms with Crippen LogP contribution in [0.4, 0.5) is 11.4 Å². The summed E-state index contributed by atoms with van der Waals surface area (Å²) in [6, 6.07) is 20.4. The largest absolute Gasteiger partial charge is 0.508 e. The van der Waals surface area contributed by atoms with Gasteiger partial charge in [-0.15, -0.1) is 0 Å². The molecule has 5 aliphatic rings. The zero-order valence-corrected chi connectivity index (χ0v) is 25.1. The summed E-state index contributed by atoms with van der Waals surface area (Å²) in [5, 5.41) is 10.7. The number of nitrogens with zero attached hydrogens (tertiary/aromatic N) is 2. The Balaban J connectivity index is 1.25. The van der Waals surface area contributed by atoms with E-state index in [0.717, 1.165) is 16.7 Å². The Hall–Kier alpha value is -4.69. The van der Waals surface area contributed by atoms with Crippen molar-refractivity contribution in [2.24, 2.45) is 35.0 Å². The van der Waals surface area contributed by atoms with Crippen LogP contribution in [-0.2, 0) is 25.6 Å². The van der Waals surface area contributed by atoms with E-state index in [0.29, 0.717) is 35.0 Å². The summed E-state index contributed by atoms with van der Waals surface area (Å²) in [6.07, 6.45) is 4.69. The third-order valence-electron chi connectivity index (χ3n) is 10.5. The third kappa shape index (κ3) is 3.91. The summed E-state index contributed by atoms with van der Waals surface area (Å²) in [7, 11) is 0. The number of hydrogen-bond donors (Lipinski definition) is 1. The number of fused-ring (bicyclic) bond motifs is 5. The number of phenols is 1. The molecule has 0 radical (unpaired) electrons. The molecule has 0 unspecified atom stereocenters. The predicted molar refractivity (Wildman–Crippen MR) is 166 cm³/mol. The maximum atomic E-state index is 14.5. The van der Waals surface area contributed by atoms with Crippen LogP contribution in [0, 0.1) is 35.0 Å². The van der Waals surface area contributed by atoms with Crippen molar-refractivity contribution in [3.05, 3.63) is 107 Å². The average Bonchev–Trinajstić information content (AvgIpc) is 3.41. The summed E-state index contributed by atoms with van der Waals surface area (Å²) in [5.41, 5.74) is 2.25. The molecule has 3 aliphatic heterocycles. The molecule has 6 atom stereocenters. The normalized spacial score (nSPS) is 30.2. The molecule has 4 amide bonds. The second kappa shape index (κ2) is 9.91. The minimum absolute atomic E-state index is 0.101. The first-order valence-corrected chi connectivity index (χ1v) is 15.5. The molecule has 1 saturated carbocycles. The molecule has 0 bridgehead atoms. The molecule has 0 spiro atoms. The van der Waals surface area contributed by atoms with Gasteiger partial charge >= 0.3 is 0 Å². The highest BCUT2D eigenvalue weighted by Crippen LogP contribution is 2.63. The molecule has 9 heteroatoms. The van der Waals surface area contributed by atoms with Crippen molar-refractivity contribution in [3.8, 4) is 11.5 Å². The maximum Gasteiger partial charge on any atom is 0.241 e. The van der Waals surface area contributed by atoms with Crippen LogP contribution in [0.1, 0.15) is 25.3 Å². The second-order valence-corrected chi connectivity index (χ2v) is 13.2. The third-order valence-corrected chi connectivity index (χ3v) is 10.8. The summed E-state index contributed by atoms with van der Waals surface area (Å²) in [5.74, 6) is -3.42. The molecule has 226 valence electrons. The number of allylic oxidation sites excluding steroid dienone is 3. The van der Waals surface area contributed by atoms with E-state index in [-0.39, 0.29) is 35.8 Å². The number of anilines is 2. The molecule has 3 aromatic rings. The minimum atomic E-state index is -1.16. The summed E-state index contributed by atoms with van der Waals surface area (Å²) in [4.78, 5) is 59.3. The van der Waals surface area contributed by atoms with Gasteiger partial charge < -0.3 is 9.84 Å². The van der Waals surface area contributed by atoms with Crippen molar-refractivity contribution >= 4 is 46.6 Å². The van der Waals surface area contributed by atoms with Crippen LogP contribution < -0.4 is 14.5 Å². The van der Waals surface area contributed by atoms with Crippen molar-refractivity contribution in [3.63, 3.8) is 0 Å². The SMILES string of the molecule is C[C@@]12C(=O)N(c3ccccc3)C(=O)[C@@H]1C[C@@H]1C(=CC[C@@H]3C(=O)N(c4ccc(Cl)cc4)C(=O)[C@@H]31)[C@@H]2C1=COc2ccc(O)cc2C1. The minimum Gasteiger partial charge on any atom is -0.508 e. The molecule has 0 aromatic heterocycles. The van der Waals surface area contributed by atoms with Crippen LogP contribution in [0.3, 0.4) is 0 Å². The van der Waals surface area contributed by atoms with E-state index < -0.39 is 35.0 Å². The number of ether oxygens (including phenoxy) is 1. The lowest BCUT2D eigenvalue weighted by molar-refractivity contribution is -0.132. The number of carbonyl (C=O) groups is 4. The second-order valence-electron chi connectivity index (χ2n) is 12.8. The van der Waals surface area contributed by atoms with Gasteiger partial charge in [0.15, 0.2) is 0 Å². The molecular weight excluding hydrogens is 592 g/mol. The molecule has 2 aliphatic carbocycles. The highest BCUT2D eigenvalue weighted by molar-refractivity contribution is 6.31. The van der Waals surface area contributed by atoms with Gasteiger partial charge in [-0.05, 0) is 85.9 Å². The van der Waals surface area contributed by atoms with Crippen LogP contribution in [0.2, 0.25) is 5.02 Å². The summed E-state index contributed by atoms with van der Waals surface area (Å²) >= 11 is 6.09. The molecule has 1 N–H and O–H groups in total. The van der Waals surface area contributed by atoms with Gasteiger partial charge in [-0.2, -0.15) is 0 Å². The lowest BCUT2D eigenvalue weighted by Gasteiger charge is -2.49. The standard InChI is InChI=1S/C36H29ClN2O6/c1-36-28(33(42)39(35(36)44)22-5-3-2-4-6-22)17-27-25(31(36)20-15-19-16-24(40)11-14-29(19)45-18-20)12-13-26-30(27)34(43)38(32(26)41)23-9-7-21(37)8-10-23/h2-12,14,16,18,26-28,30-31,40H,13,15,17H2,1H3/t26-,27+,28-,30-,31-,36+/m0/s1. The smallest absolute Gasteiger partial charge is 0.241 e. The fourth-order valence-corrected chi connectivity index (χ4v) is 8.64. The molecule has 3 aromatic carbocycles. The number of aromatic hydroxyl groups is 1. The molecule has 3 heterocycles. The first-order chi connectivity index (χ1) is 21.7. The summed E-state index contributed by atoms with van der Waals surface area (Å²) < 4.78 is 6.05. The number of carbonyl (C=O) groups excluding carboxylic acids is 4. The number of para-hydroxylation sites is 1. The van der Waals surface area contributed by atoms with E-state index >= 15 is 0 Å². The highest BCUT2D eigenvalue weighted by Gasteiger charge is 2.68. The van der Waals surface area contributed by atoms with Crippen molar-refractivity contribution in [2.75, 3.05) is 9.80 Å². The fourth-order valence-electron chi connectivity index (χ4n) is 8.51. The lowest BCUT2D eigenvalue weighted by Crippen LogP contribution is -2.51. The van der Waals surface area contributed by atoms with Crippen LogP contribution in [0.25, 0.3) is 0 Å². The average molecular weight is 621 g/mol. The van der Waals surface area contributed by atoms with E-state index in [1.165, 1.54) is 9.80 Å². The lowest BCUT2D eigenvalue weighted by atomic mass is 9.51. The van der Waals surface area contributed by atoms with Gasteiger partial charge in [0.05, 0.1) is 40.8 Å². The van der Waals surface area contributed by atoms with Crippen LogP contribution >= 0.6 is 11.6 Å². The fraction of sp³-hybridized carbons (Fsp3) is 0.278. The van der Waals surface area contributed by atoms with Crippen molar-refractivity contribution < 1.29 is 29.0 Å². The first kappa shape index (κ1) is 27.8. The van der Waals surface area contributed by atoms with Gasteiger partial charge in [0.2, 0.25) is 23.6 Å². The monoisotopic (exact) mass is 620 g/mol. The van der Waals surface area contributed by atoms with Gasteiger partial charge in [-0.1, -0.05) is 41.4 Å². The van der Waals surface area contributed by atoms with Crippen molar-refractivity contribution in [2.45, 2.75) is 26.2 Å². The molecule has 45 heavy (non-hydrogen) atoms. The van der Waals surface area contributed by atoms with Gasteiger partial charge in [-0.25, -0.2) is 4.90 Å². The van der Waals surface area contributed by atoms with Gasteiger partial charge in [0.1, 0.15) is 11.5 Å². The Morgan fingerprint density at radius 2 is 1.60 bits per heavy atom. The number of halogens is 1. The van der Waals surface area contributed by atoms with Crippen molar-refractivity contribution in [1.82, 2.24) is 0 Å². The number of hydrogen-bond acceptors (Lipinski definition) is 6. The zero-order chi connectivity index (χ0) is 31.2. The Bertz CT molecular complexity index is 1870. The van der Waals surface area contributed by atoms with Crippen LogP contribution in [0.5, 0.6) is 11.5 Å². The van der Waals surface area contributed by atoms with Gasteiger partial charge in [0, 0.05) is 22.9 Å². The zero-order valence-electron chi connectivity index (χ0n) is 24.4. The van der Waals surface area contributed by atoms with E-state index in [9.17, 15) is 24.3 Å². The Kier molecular flexibility index (Phi) is 6.13. The topological polar surface area (TPSA) is 104 Å². The van der Waals surface area contributed by atoms with Gasteiger partial charge in [0.25, 0.3) is 0 Å².